The second-order valence-electron chi connectivity index (χ2n) is 9.19. The number of para-hydroxylation sites is 1. The van der Waals surface area contributed by atoms with Crippen LogP contribution in [-0.4, -0.2) is 31.5 Å². The summed E-state index contributed by atoms with van der Waals surface area (Å²) >= 11 is 0. The van der Waals surface area contributed by atoms with E-state index in [1.165, 1.54) is 9.58 Å². The molecule has 0 aliphatic carbocycles. The van der Waals surface area contributed by atoms with Crippen LogP contribution >= 0.6 is 0 Å². The fraction of sp³-hybridized carbons (Fsp3) is 0.100. The van der Waals surface area contributed by atoms with Crippen molar-refractivity contribution in [2.45, 2.75) is 13.5 Å². The van der Waals surface area contributed by atoms with E-state index in [9.17, 15) is 14.4 Å². The van der Waals surface area contributed by atoms with Gasteiger partial charge in [-0.05, 0) is 18.6 Å². The van der Waals surface area contributed by atoms with Crippen LogP contribution in [0.4, 0.5) is 0 Å². The number of carbonyl (C=O) groups is 2. The van der Waals surface area contributed by atoms with Gasteiger partial charge in [0, 0.05) is 34.8 Å². The van der Waals surface area contributed by atoms with Crippen LogP contribution in [0, 0.1) is 6.92 Å². The summed E-state index contributed by atoms with van der Waals surface area (Å²) in [5.74, 6) is -0.901. The fourth-order valence-electron chi connectivity index (χ4n) is 5.14. The molecule has 0 atom stereocenters. The number of aromatic nitrogens is 3. The molecule has 37 heavy (non-hydrogen) atoms. The van der Waals surface area contributed by atoms with Crippen molar-refractivity contribution < 1.29 is 9.59 Å². The Kier molecular flexibility index (Phi) is 5.26. The summed E-state index contributed by atoms with van der Waals surface area (Å²) in [6.07, 6.45) is 0. The molecule has 0 bridgehead atoms. The molecule has 0 spiro atoms. The third-order valence-corrected chi connectivity index (χ3v) is 6.86. The predicted octanol–water partition coefficient (Wildman–Crippen LogP) is 4.65. The number of carbonyl (C=O) groups excluding carboxylic acids is 2. The van der Waals surface area contributed by atoms with Gasteiger partial charge in [0.25, 0.3) is 17.4 Å². The summed E-state index contributed by atoms with van der Waals surface area (Å²) in [4.78, 5) is 46.3. The number of hydrogen-bond donors (Lipinski definition) is 2. The third-order valence-electron chi connectivity index (χ3n) is 6.86. The van der Waals surface area contributed by atoms with Crippen LogP contribution < -0.4 is 5.56 Å². The van der Waals surface area contributed by atoms with Crippen molar-refractivity contribution in [3.63, 3.8) is 0 Å². The topological polar surface area (TPSA) is 91.0 Å². The van der Waals surface area contributed by atoms with Crippen LogP contribution in [0.2, 0.25) is 0 Å². The molecular weight excluding hydrogens is 464 g/mol. The van der Waals surface area contributed by atoms with Gasteiger partial charge in [-0.15, -0.1) is 0 Å². The molecular formula is C30H24N4O3. The quantitative estimate of drug-likeness (QED) is 0.353. The number of nitrogens with one attached hydrogen (secondary N) is 2. The molecule has 1 aliphatic heterocycles. The summed E-state index contributed by atoms with van der Waals surface area (Å²) in [5, 5.41) is 3.93. The number of H-pyrrole nitrogens is 2. The van der Waals surface area contributed by atoms with Gasteiger partial charge in [0.2, 0.25) is 0 Å². The van der Waals surface area contributed by atoms with Gasteiger partial charge in [0.15, 0.2) is 0 Å². The zero-order chi connectivity index (χ0) is 25.7. The Balaban J connectivity index is 1.65. The standard InChI is InChI=1S/C30H24N4O3/c1-18-23(21-15-9-10-16-22(21)31-18)24-25(30(37)34(29(24)36)17-19-11-5-3-6-12-19)26-27(32-33(2)28(26)35)20-13-7-4-8-14-20/h3-16,31-32H,17H2,1-2H3. The molecule has 5 aromatic rings. The number of imide groups is 1. The Labute approximate surface area is 212 Å². The SMILES string of the molecule is Cc1[nH]c2ccccc2c1C1=C(c2c(-c3ccccc3)[nH]n(C)c2=O)C(=O)N(Cc2ccccc2)C1=O. The van der Waals surface area contributed by atoms with E-state index in [0.717, 1.165) is 27.7 Å². The summed E-state index contributed by atoms with van der Waals surface area (Å²) in [7, 11) is 1.61. The second-order valence-corrected chi connectivity index (χ2v) is 9.19. The molecule has 0 radical (unpaired) electrons. The lowest BCUT2D eigenvalue weighted by Gasteiger charge is -2.15. The normalized spacial score (nSPS) is 13.8. The van der Waals surface area contributed by atoms with Crippen LogP contribution in [0.1, 0.15) is 22.4 Å². The summed E-state index contributed by atoms with van der Waals surface area (Å²) in [5.41, 5.74) is 4.51. The molecule has 6 rings (SSSR count). The van der Waals surface area contributed by atoms with Gasteiger partial charge in [-0.3, -0.25) is 29.1 Å². The monoisotopic (exact) mass is 488 g/mol. The molecule has 2 aromatic heterocycles. The highest BCUT2D eigenvalue weighted by molar-refractivity contribution is 6.50. The van der Waals surface area contributed by atoms with Crippen LogP contribution in [0.3, 0.4) is 0 Å². The Hall–Kier alpha value is -4.91. The number of hydrogen-bond acceptors (Lipinski definition) is 3. The number of benzene rings is 3. The first kappa shape index (κ1) is 22.5. The van der Waals surface area contributed by atoms with Crippen molar-refractivity contribution in [1.82, 2.24) is 19.7 Å². The molecule has 7 heteroatoms. The highest BCUT2D eigenvalue weighted by Crippen LogP contribution is 2.41. The maximum absolute atomic E-state index is 14.1. The van der Waals surface area contributed by atoms with Gasteiger partial charge in [-0.1, -0.05) is 78.9 Å². The van der Waals surface area contributed by atoms with E-state index in [1.54, 1.807) is 7.05 Å². The van der Waals surface area contributed by atoms with Crippen LogP contribution in [0.15, 0.2) is 89.7 Å². The first-order chi connectivity index (χ1) is 18.0. The van der Waals surface area contributed by atoms with Crippen molar-refractivity contribution >= 4 is 33.9 Å². The number of nitrogens with zero attached hydrogens (tertiary/aromatic N) is 2. The van der Waals surface area contributed by atoms with Crippen molar-refractivity contribution in [2.24, 2.45) is 7.05 Å². The van der Waals surface area contributed by atoms with E-state index in [1.807, 2.05) is 91.9 Å². The first-order valence-corrected chi connectivity index (χ1v) is 12.0. The number of rotatable bonds is 5. The van der Waals surface area contributed by atoms with E-state index >= 15 is 0 Å². The van der Waals surface area contributed by atoms with E-state index in [2.05, 4.69) is 10.1 Å². The Morgan fingerprint density at radius 3 is 2.03 bits per heavy atom. The van der Waals surface area contributed by atoms with Crippen LogP contribution in [0.5, 0.6) is 0 Å². The maximum atomic E-state index is 14.1. The molecule has 3 aromatic carbocycles. The lowest BCUT2D eigenvalue weighted by Crippen LogP contribution is -2.31. The number of fused-ring (bicyclic) bond motifs is 1. The van der Waals surface area contributed by atoms with Gasteiger partial charge in [-0.2, -0.15) is 0 Å². The number of aryl methyl sites for hydroxylation is 2. The highest BCUT2D eigenvalue weighted by atomic mass is 16.2. The van der Waals surface area contributed by atoms with E-state index in [-0.39, 0.29) is 28.8 Å². The molecule has 2 N–H and O–H groups in total. The summed E-state index contributed by atoms with van der Waals surface area (Å²) in [6.45, 7) is 1.99. The molecule has 0 saturated carbocycles. The molecule has 1 aliphatic rings. The Morgan fingerprint density at radius 2 is 1.32 bits per heavy atom. The van der Waals surface area contributed by atoms with Gasteiger partial charge >= 0.3 is 0 Å². The third kappa shape index (κ3) is 3.55. The average molecular weight is 489 g/mol. The Bertz CT molecular complexity index is 1770. The lowest BCUT2D eigenvalue weighted by molar-refractivity contribution is -0.136. The molecule has 182 valence electrons. The molecule has 0 fully saturated rings. The molecule has 7 nitrogen and oxygen atoms in total. The molecule has 2 amide bonds. The first-order valence-electron chi connectivity index (χ1n) is 12.0. The van der Waals surface area contributed by atoms with Gasteiger partial charge in [0.05, 0.1) is 28.9 Å². The average Bonchev–Trinajstić information content (AvgIpc) is 3.48. The minimum Gasteiger partial charge on any atom is -0.358 e. The molecule has 0 saturated heterocycles. The lowest BCUT2D eigenvalue weighted by atomic mass is 9.93. The number of amides is 2. The van der Waals surface area contributed by atoms with E-state index in [4.69, 9.17) is 0 Å². The molecule has 0 unspecified atom stereocenters. The highest BCUT2D eigenvalue weighted by Gasteiger charge is 2.43. The summed E-state index contributed by atoms with van der Waals surface area (Å²) < 4.78 is 1.35. The zero-order valence-corrected chi connectivity index (χ0v) is 20.4. The van der Waals surface area contributed by atoms with Crippen molar-refractivity contribution in [2.75, 3.05) is 0 Å². The maximum Gasteiger partial charge on any atom is 0.274 e. The van der Waals surface area contributed by atoms with Gasteiger partial charge in [0.1, 0.15) is 0 Å². The van der Waals surface area contributed by atoms with Crippen LogP contribution in [-0.2, 0) is 23.2 Å². The van der Waals surface area contributed by atoms with Gasteiger partial charge in [-0.25, -0.2) is 0 Å². The smallest absolute Gasteiger partial charge is 0.274 e. The second kappa shape index (κ2) is 8.64. The Morgan fingerprint density at radius 1 is 0.730 bits per heavy atom. The largest absolute Gasteiger partial charge is 0.358 e. The van der Waals surface area contributed by atoms with Crippen molar-refractivity contribution in [3.05, 3.63) is 118 Å². The van der Waals surface area contributed by atoms with E-state index in [0.29, 0.717) is 11.3 Å². The zero-order valence-electron chi connectivity index (χ0n) is 20.4. The van der Waals surface area contributed by atoms with E-state index < -0.39 is 11.8 Å². The van der Waals surface area contributed by atoms with Gasteiger partial charge < -0.3 is 4.98 Å². The number of aromatic amines is 2. The summed E-state index contributed by atoms with van der Waals surface area (Å²) in [6, 6.07) is 26.4. The molecule has 3 heterocycles. The minimum absolute atomic E-state index is 0.109. The van der Waals surface area contributed by atoms with Crippen LogP contribution in [0.25, 0.3) is 33.3 Å². The fourth-order valence-corrected chi connectivity index (χ4v) is 5.14. The minimum atomic E-state index is -0.484. The predicted molar refractivity (Wildman–Crippen MR) is 143 cm³/mol. The van der Waals surface area contributed by atoms with Crippen molar-refractivity contribution in [3.8, 4) is 11.3 Å². The van der Waals surface area contributed by atoms with Crippen molar-refractivity contribution in [1.29, 1.82) is 0 Å².